The molecule has 0 radical (unpaired) electrons. The van der Waals surface area contributed by atoms with Gasteiger partial charge in [-0.1, -0.05) is 19.3 Å². The minimum absolute atomic E-state index is 0. The average Bonchev–Trinajstić information content (AvgIpc) is 2.57. The minimum atomic E-state index is -0.0349. The highest BCUT2D eigenvalue weighted by molar-refractivity contribution is 5.92. The van der Waals surface area contributed by atoms with E-state index in [0.29, 0.717) is 24.5 Å². The third kappa shape index (κ3) is 4.77. The number of carbonyl (C=O) groups is 1. The fraction of sp³-hybridized carbons (Fsp3) is 0.611. The van der Waals surface area contributed by atoms with Gasteiger partial charge in [0.15, 0.2) is 11.5 Å². The Balaban J connectivity index is 0.00000288. The van der Waals surface area contributed by atoms with Crippen LogP contribution < -0.4 is 20.5 Å². The molecule has 0 bridgehead atoms. The summed E-state index contributed by atoms with van der Waals surface area (Å²) in [5.41, 5.74) is 7.65. The number of nitrogens with one attached hydrogen (secondary N) is 1. The summed E-state index contributed by atoms with van der Waals surface area (Å²) in [5.74, 6) is 1.29. The van der Waals surface area contributed by atoms with Gasteiger partial charge in [-0.2, -0.15) is 0 Å². The Kier molecular flexibility index (Phi) is 7.84. The Bertz CT molecular complexity index is 557. The Morgan fingerprint density at radius 3 is 2.29 bits per heavy atom. The van der Waals surface area contributed by atoms with Crippen molar-refractivity contribution in [3.63, 3.8) is 0 Å². The van der Waals surface area contributed by atoms with Crippen LogP contribution in [-0.4, -0.2) is 26.7 Å². The molecule has 0 saturated heterocycles. The highest BCUT2D eigenvalue weighted by Crippen LogP contribution is 2.39. The first-order chi connectivity index (χ1) is 11.0. The lowest BCUT2D eigenvalue weighted by molar-refractivity contribution is -0.118. The molecule has 5 nitrogen and oxygen atoms in total. The Morgan fingerprint density at radius 2 is 1.75 bits per heavy atom. The van der Waals surface area contributed by atoms with Crippen molar-refractivity contribution in [1.82, 2.24) is 0 Å². The molecule has 1 aliphatic rings. The lowest BCUT2D eigenvalue weighted by Crippen LogP contribution is -2.36. The molecule has 0 aliphatic heterocycles. The topological polar surface area (TPSA) is 73.6 Å². The first kappa shape index (κ1) is 20.6. The van der Waals surface area contributed by atoms with Crippen LogP contribution >= 0.6 is 12.4 Å². The first-order valence-electron chi connectivity index (χ1n) is 8.26. The molecule has 1 amide bonds. The quantitative estimate of drug-likeness (QED) is 0.815. The number of halogens is 1. The van der Waals surface area contributed by atoms with E-state index in [1.54, 1.807) is 14.2 Å². The van der Waals surface area contributed by atoms with E-state index in [1.807, 2.05) is 19.1 Å². The molecular formula is C18H29ClN2O3. The molecule has 3 N–H and O–H groups in total. The molecule has 136 valence electrons. The third-order valence-electron chi connectivity index (χ3n) is 4.89. The predicted octanol–water partition coefficient (Wildman–Crippen LogP) is 3.67. The van der Waals surface area contributed by atoms with E-state index in [9.17, 15) is 4.79 Å². The van der Waals surface area contributed by atoms with Crippen molar-refractivity contribution in [1.29, 1.82) is 0 Å². The zero-order valence-electron chi connectivity index (χ0n) is 14.8. The fourth-order valence-corrected chi connectivity index (χ4v) is 3.41. The number of rotatable bonds is 6. The zero-order valence-corrected chi connectivity index (χ0v) is 15.6. The molecule has 0 heterocycles. The van der Waals surface area contributed by atoms with Crippen molar-refractivity contribution < 1.29 is 14.3 Å². The Labute approximate surface area is 150 Å². The van der Waals surface area contributed by atoms with Crippen LogP contribution in [-0.2, 0) is 4.79 Å². The predicted molar refractivity (Wildman–Crippen MR) is 99.4 cm³/mol. The van der Waals surface area contributed by atoms with Crippen molar-refractivity contribution in [3.8, 4) is 11.5 Å². The number of carbonyl (C=O) groups excluding carboxylic acids is 1. The normalized spacial score (nSPS) is 16.0. The summed E-state index contributed by atoms with van der Waals surface area (Å²) in [6, 6.07) is 3.68. The Morgan fingerprint density at radius 1 is 1.17 bits per heavy atom. The molecule has 6 heteroatoms. The molecular weight excluding hydrogens is 328 g/mol. The van der Waals surface area contributed by atoms with Crippen LogP contribution in [0, 0.1) is 12.3 Å². The van der Waals surface area contributed by atoms with Gasteiger partial charge in [0.25, 0.3) is 0 Å². The van der Waals surface area contributed by atoms with E-state index in [1.165, 1.54) is 19.3 Å². The van der Waals surface area contributed by atoms with Gasteiger partial charge in [-0.15, -0.1) is 12.4 Å². The summed E-state index contributed by atoms with van der Waals surface area (Å²) < 4.78 is 10.6. The highest BCUT2D eigenvalue weighted by Gasteiger charge is 2.33. The van der Waals surface area contributed by atoms with Crippen LogP contribution in [0.25, 0.3) is 0 Å². The largest absolute Gasteiger partial charge is 0.493 e. The molecule has 2 rings (SSSR count). The molecule has 0 spiro atoms. The SMILES string of the molecule is COc1cc(C)c(NC(=O)CC2(CN)CCCCC2)cc1OC.Cl. The van der Waals surface area contributed by atoms with Gasteiger partial charge < -0.3 is 20.5 Å². The smallest absolute Gasteiger partial charge is 0.224 e. The second kappa shape index (κ2) is 9.14. The van der Waals surface area contributed by atoms with Crippen LogP contribution in [0.15, 0.2) is 12.1 Å². The van der Waals surface area contributed by atoms with E-state index in [4.69, 9.17) is 15.2 Å². The summed E-state index contributed by atoms with van der Waals surface area (Å²) in [4.78, 5) is 12.5. The molecule has 0 unspecified atom stereocenters. The maximum absolute atomic E-state index is 12.5. The maximum Gasteiger partial charge on any atom is 0.224 e. The fourth-order valence-electron chi connectivity index (χ4n) is 3.41. The number of benzene rings is 1. The lowest BCUT2D eigenvalue weighted by atomic mass is 9.71. The van der Waals surface area contributed by atoms with E-state index in [-0.39, 0.29) is 23.7 Å². The summed E-state index contributed by atoms with van der Waals surface area (Å²) in [5, 5.41) is 3.01. The van der Waals surface area contributed by atoms with E-state index < -0.39 is 0 Å². The molecule has 1 aromatic rings. The van der Waals surface area contributed by atoms with Crippen molar-refractivity contribution >= 4 is 24.0 Å². The van der Waals surface area contributed by atoms with Crippen molar-refractivity contribution in [2.45, 2.75) is 45.4 Å². The van der Waals surface area contributed by atoms with Gasteiger partial charge in [0, 0.05) is 18.2 Å². The summed E-state index contributed by atoms with van der Waals surface area (Å²) in [7, 11) is 3.19. The molecule has 1 aliphatic carbocycles. The maximum atomic E-state index is 12.5. The molecule has 1 aromatic carbocycles. The minimum Gasteiger partial charge on any atom is -0.493 e. The monoisotopic (exact) mass is 356 g/mol. The van der Waals surface area contributed by atoms with Crippen LogP contribution in [0.3, 0.4) is 0 Å². The number of ether oxygens (including phenoxy) is 2. The van der Waals surface area contributed by atoms with Gasteiger partial charge in [0.05, 0.1) is 14.2 Å². The second-order valence-corrected chi connectivity index (χ2v) is 6.51. The first-order valence-corrected chi connectivity index (χ1v) is 8.26. The van der Waals surface area contributed by atoms with Gasteiger partial charge in [0.2, 0.25) is 5.91 Å². The van der Waals surface area contributed by atoms with Gasteiger partial charge in [-0.3, -0.25) is 4.79 Å². The Hall–Kier alpha value is -1.46. The number of aryl methyl sites for hydroxylation is 1. The number of hydrogen-bond donors (Lipinski definition) is 2. The molecule has 0 atom stereocenters. The molecule has 24 heavy (non-hydrogen) atoms. The van der Waals surface area contributed by atoms with Crippen LogP contribution in [0.1, 0.15) is 44.1 Å². The molecule has 1 fully saturated rings. The second-order valence-electron chi connectivity index (χ2n) is 6.51. The zero-order chi connectivity index (χ0) is 16.9. The van der Waals surface area contributed by atoms with Gasteiger partial charge in [-0.05, 0) is 43.4 Å². The standard InChI is InChI=1S/C18H28N2O3.ClH/c1-13-9-15(22-2)16(23-3)10-14(13)20-17(21)11-18(12-19)7-5-4-6-8-18;/h9-10H,4-8,11-12,19H2,1-3H3,(H,20,21);1H. The van der Waals surface area contributed by atoms with Crippen molar-refractivity contribution in [3.05, 3.63) is 17.7 Å². The van der Waals surface area contributed by atoms with Crippen LogP contribution in [0.4, 0.5) is 5.69 Å². The van der Waals surface area contributed by atoms with Crippen molar-refractivity contribution in [2.24, 2.45) is 11.1 Å². The van der Waals surface area contributed by atoms with Gasteiger partial charge in [-0.25, -0.2) is 0 Å². The molecule has 0 aromatic heterocycles. The van der Waals surface area contributed by atoms with E-state index in [0.717, 1.165) is 24.1 Å². The number of anilines is 1. The van der Waals surface area contributed by atoms with Gasteiger partial charge in [0.1, 0.15) is 0 Å². The number of amides is 1. The number of methoxy groups -OCH3 is 2. The highest BCUT2D eigenvalue weighted by atomic mass is 35.5. The number of hydrogen-bond acceptors (Lipinski definition) is 4. The van der Waals surface area contributed by atoms with Crippen molar-refractivity contribution in [2.75, 3.05) is 26.1 Å². The summed E-state index contributed by atoms with van der Waals surface area (Å²) >= 11 is 0. The van der Waals surface area contributed by atoms with Gasteiger partial charge >= 0.3 is 0 Å². The van der Waals surface area contributed by atoms with Crippen LogP contribution in [0.2, 0.25) is 0 Å². The van der Waals surface area contributed by atoms with Crippen LogP contribution in [0.5, 0.6) is 11.5 Å². The summed E-state index contributed by atoms with van der Waals surface area (Å²) in [6.07, 6.45) is 6.15. The lowest BCUT2D eigenvalue weighted by Gasteiger charge is -2.35. The molecule has 1 saturated carbocycles. The third-order valence-corrected chi connectivity index (χ3v) is 4.89. The summed E-state index contributed by atoms with van der Waals surface area (Å²) in [6.45, 7) is 2.52. The average molecular weight is 357 g/mol. The van der Waals surface area contributed by atoms with E-state index in [2.05, 4.69) is 5.32 Å². The number of nitrogens with two attached hydrogens (primary N) is 1. The van der Waals surface area contributed by atoms with E-state index >= 15 is 0 Å².